The molecule has 2 heteroatoms. The minimum absolute atomic E-state index is 0.0481. The lowest BCUT2D eigenvalue weighted by molar-refractivity contribution is 0.571. The molecule has 2 heterocycles. The Bertz CT molecular complexity index is 470. The molecular weight excluding hydrogens is 196 g/mol. The molecule has 0 saturated heterocycles. The van der Waals surface area contributed by atoms with Crippen molar-refractivity contribution >= 4 is 0 Å². The second kappa shape index (κ2) is 4.05. The van der Waals surface area contributed by atoms with Gasteiger partial charge in [-0.25, -0.2) is 0 Å². The Labute approximate surface area is 96.4 Å². The molecule has 0 aliphatic rings. The summed E-state index contributed by atoms with van der Waals surface area (Å²) in [6, 6.07) is 8.09. The molecule has 2 nitrogen and oxygen atoms in total. The summed E-state index contributed by atoms with van der Waals surface area (Å²) in [4.78, 5) is 8.66. The third kappa shape index (κ3) is 2.11. The fourth-order valence-electron chi connectivity index (χ4n) is 1.76. The molecule has 16 heavy (non-hydrogen) atoms. The van der Waals surface area contributed by atoms with Gasteiger partial charge in [-0.15, -0.1) is 0 Å². The number of aromatic nitrogens is 2. The Kier molecular flexibility index (Phi) is 2.73. The van der Waals surface area contributed by atoms with Crippen molar-refractivity contribution in [1.82, 2.24) is 9.97 Å². The van der Waals surface area contributed by atoms with Crippen molar-refractivity contribution in [2.24, 2.45) is 0 Å². The molecule has 0 atom stereocenters. The van der Waals surface area contributed by atoms with Crippen molar-refractivity contribution in [3.8, 4) is 11.1 Å². The number of rotatable bonds is 1. The summed E-state index contributed by atoms with van der Waals surface area (Å²) < 4.78 is 0. The molecule has 0 N–H and O–H groups in total. The van der Waals surface area contributed by atoms with Gasteiger partial charge in [0, 0.05) is 35.1 Å². The van der Waals surface area contributed by atoms with E-state index in [2.05, 4.69) is 42.9 Å². The minimum atomic E-state index is 0.0481. The molecule has 0 aliphatic heterocycles. The molecule has 0 unspecified atom stereocenters. The van der Waals surface area contributed by atoms with Crippen molar-refractivity contribution < 1.29 is 0 Å². The van der Waals surface area contributed by atoms with E-state index in [-0.39, 0.29) is 5.41 Å². The van der Waals surface area contributed by atoms with Crippen LogP contribution in [0.1, 0.15) is 26.5 Å². The first kappa shape index (κ1) is 10.8. The van der Waals surface area contributed by atoms with Crippen molar-refractivity contribution in [2.45, 2.75) is 26.2 Å². The maximum Gasteiger partial charge on any atom is 0.0535 e. The summed E-state index contributed by atoms with van der Waals surface area (Å²) >= 11 is 0. The largest absolute Gasteiger partial charge is 0.264 e. The van der Waals surface area contributed by atoms with Crippen LogP contribution in [0.4, 0.5) is 0 Å². The molecule has 0 aromatic carbocycles. The molecule has 0 saturated carbocycles. The standard InChI is InChI=1S/C14H16N2/c1-14(2,3)13-12(7-5-9-16-13)11-6-4-8-15-10-11/h4-10H,1-3H3. The normalized spacial score (nSPS) is 11.4. The summed E-state index contributed by atoms with van der Waals surface area (Å²) in [6.45, 7) is 6.53. The van der Waals surface area contributed by atoms with Gasteiger partial charge in [-0.2, -0.15) is 0 Å². The lowest BCUT2D eigenvalue weighted by atomic mass is 9.86. The monoisotopic (exact) mass is 212 g/mol. The zero-order valence-corrected chi connectivity index (χ0v) is 9.94. The van der Waals surface area contributed by atoms with Gasteiger partial charge < -0.3 is 0 Å². The molecule has 2 aromatic rings. The second-order valence-electron chi connectivity index (χ2n) is 4.89. The van der Waals surface area contributed by atoms with Gasteiger partial charge in [-0.1, -0.05) is 32.9 Å². The molecule has 0 fully saturated rings. The van der Waals surface area contributed by atoms with Crippen LogP contribution < -0.4 is 0 Å². The Hall–Kier alpha value is -1.70. The van der Waals surface area contributed by atoms with Gasteiger partial charge in [-0.3, -0.25) is 9.97 Å². The minimum Gasteiger partial charge on any atom is -0.264 e. The van der Waals surface area contributed by atoms with E-state index in [1.165, 1.54) is 5.56 Å². The summed E-state index contributed by atoms with van der Waals surface area (Å²) in [5.74, 6) is 0. The number of hydrogen-bond acceptors (Lipinski definition) is 2. The van der Waals surface area contributed by atoms with E-state index in [1.807, 2.05) is 24.5 Å². The number of hydrogen-bond donors (Lipinski definition) is 0. The van der Waals surface area contributed by atoms with E-state index in [4.69, 9.17) is 0 Å². The highest BCUT2D eigenvalue weighted by Gasteiger charge is 2.19. The Morgan fingerprint density at radius 2 is 1.75 bits per heavy atom. The first-order valence-corrected chi connectivity index (χ1v) is 5.45. The van der Waals surface area contributed by atoms with E-state index in [1.54, 1.807) is 6.20 Å². The van der Waals surface area contributed by atoms with Crippen molar-refractivity contribution in [2.75, 3.05) is 0 Å². The predicted octanol–water partition coefficient (Wildman–Crippen LogP) is 3.44. The lowest BCUT2D eigenvalue weighted by Crippen LogP contribution is -2.14. The molecule has 0 aliphatic carbocycles. The fourth-order valence-corrected chi connectivity index (χ4v) is 1.76. The van der Waals surface area contributed by atoms with Crippen molar-refractivity contribution in [1.29, 1.82) is 0 Å². The van der Waals surface area contributed by atoms with E-state index in [9.17, 15) is 0 Å². The van der Waals surface area contributed by atoms with Gasteiger partial charge in [0.2, 0.25) is 0 Å². The van der Waals surface area contributed by atoms with Crippen LogP contribution in [0.2, 0.25) is 0 Å². The second-order valence-corrected chi connectivity index (χ2v) is 4.89. The highest BCUT2D eigenvalue weighted by Crippen LogP contribution is 2.30. The smallest absolute Gasteiger partial charge is 0.0535 e. The van der Waals surface area contributed by atoms with E-state index in [0.717, 1.165) is 11.3 Å². The number of pyridine rings is 2. The van der Waals surface area contributed by atoms with Crippen LogP contribution in [0.3, 0.4) is 0 Å². The maximum absolute atomic E-state index is 4.50. The first-order valence-electron chi connectivity index (χ1n) is 5.45. The fraction of sp³-hybridized carbons (Fsp3) is 0.286. The van der Waals surface area contributed by atoms with Crippen LogP contribution in [-0.2, 0) is 5.41 Å². The zero-order chi connectivity index (χ0) is 11.6. The van der Waals surface area contributed by atoms with Gasteiger partial charge >= 0.3 is 0 Å². The molecule has 82 valence electrons. The molecular formula is C14H16N2. The summed E-state index contributed by atoms with van der Waals surface area (Å²) in [5.41, 5.74) is 3.46. The summed E-state index contributed by atoms with van der Waals surface area (Å²) in [6.07, 6.45) is 5.52. The lowest BCUT2D eigenvalue weighted by Gasteiger charge is -2.21. The Morgan fingerprint density at radius 3 is 2.38 bits per heavy atom. The Morgan fingerprint density at radius 1 is 1.00 bits per heavy atom. The summed E-state index contributed by atoms with van der Waals surface area (Å²) in [7, 11) is 0. The quantitative estimate of drug-likeness (QED) is 0.723. The maximum atomic E-state index is 4.50. The topological polar surface area (TPSA) is 25.8 Å². The Balaban J connectivity index is 2.58. The van der Waals surface area contributed by atoms with Crippen LogP contribution in [0.25, 0.3) is 11.1 Å². The van der Waals surface area contributed by atoms with Crippen molar-refractivity contribution in [3.63, 3.8) is 0 Å². The molecule has 0 spiro atoms. The van der Waals surface area contributed by atoms with Gasteiger partial charge in [0.1, 0.15) is 0 Å². The third-order valence-electron chi connectivity index (χ3n) is 2.49. The highest BCUT2D eigenvalue weighted by atomic mass is 14.7. The van der Waals surface area contributed by atoms with Crippen LogP contribution in [0.5, 0.6) is 0 Å². The van der Waals surface area contributed by atoms with E-state index >= 15 is 0 Å². The van der Waals surface area contributed by atoms with Crippen LogP contribution in [0.15, 0.2) is 42.9 Å². The molecule has 0 radical (unpaired) electrons. The average molecular weight is 212 g/mol. The van der Waals surface area contributed by atoms with Gasteiger partial charge in [0.05, 0.1) is 5.69 Å². The van der Waals surface area contributed by atoms with E-state index < -0.39 is 0 Å². The van der Waals surface area contributed by atoms with Crippen molar-refractivity contribution in [3.05, 3.63) is 48.5 Å². The van der Waals surface area contributed by atoms with Gasteiger partial charge in [-0.05, 0) is 12.1 Å². The summed E-state index contributed by atoms with van der Waals surface area (Å²) in [5, 5.41) is 0. The SMILES string of the molecule is CC(C)(C)c1ncccc1-c1cccnc1. The van der Waals surface area contributed by atoms with Gasteiger partial charge in [0.25, 0.3) is 0 Å². The van der Waals surface area contributed by atoms with Gasteiger partial charge in [0.15, 0.2) is 0 Å². The van der Waals surface area contributed by atoms with Crippen LogP contribution in [0, 0.1) is 0 Å². The first-order chi connectivity index (χ1) is 7.59. The molecule has 0 amide bonds. The predicted molar refractivity (Wildman–Crippen MR) is 66.2 cm³/mol. The molecule has 2 rings (SSSR count). The molecule has 0 bridgehead atoms. The number of nitrogens with zero attached hydrogens (tertiary/aromatic N) is 2. The highest BCUT2D eigenvalue weighted by molar-refractivity contribution is 5.65. The third-order valence-corrected chi connectivity index (χ3v) is 2.49. The van der Waals surface area contributed by atoms with Crippen LogP contribution in [-0.4, -0.2) is 9.97 Å². The average Bonchev–Trinajstić information content (AvgIpc) is 2.29. The molecule has 2 aromatic heterocycles. The zero-order valence-electron chi connectivity index (χ0n) is 9.94. The van der Waals surface area contributed by atoms with E-state index in [0.29, 0.717) is 0 Å². The van der Waals surface area contributed by atoms with Crippen LogP contribution >= 0.6 is 0 Å².